The lowest BCUT2D eigenvalue weighted by Gasteiger charge is -2.23. The second kappa shape index (κ2) is 8.05. The second-order valence-corrected chi connectivity index (χ2v) is 6.47. The van der Waals surface area contributed by atoms with Crippen LogP contribution in [0.1, 0.15) is 37.8 Å². The van der Waals surface area contributed by atoms with Crippen LogP contribution in [0.25, 0.3) is 11.0 Å². The first kappa shape index (κ1) is 17.3. The highest BCUT2D eigenvalue weighted by Crippen LogP contribution is 2.24. The number of hydrogen-bond donors (Lipinski definition) is 1. The van der Waals surface area contributed by atoms with Crippen LogP contribution in [0.2, 0.25) is 0 Å². The van der Waals surface area contributed by atoms with Crippen molar-refractivity contribution in [1.82, 2.24) is 15.3 Å². The van der Waals surface area contributed by atoms with Gasteiger partial charge < -0.3 is 10.1 Å². The SMILES string of the molecule is COC(=O)[C@H](Cc1cnc2ccccc2n1)NC(=O)C1CCCCC1. The Labute approximate surface area is 147 Å². The highest BCUT2D eigenvalue weighted by Gasteiger charge is 2.27. The van der Waals surface area contributed by atoms with Gasteiger partial charge in [0, 0.05) is 18.5 Å². The van der Waals surface area contributed by atoms with E-state index >= 15 is 0 Å². The van der Waals surface area contributed by atoms with Crippen LogP contribution in [0.15, 0.2) is 30.5 Å². The predicted molar refractivity (Wildman–Crippen MR) is 93.8 cm³/mol. The summed E-state index contributed by atoms with van der Waals surface area (Å²) in [6, 6.07) is 6.81. The van der Waals surface area contributed by atoms with Crippen molar-refractivity contribution < 1.29 is 14.3 Å². The van der Waals surface area contributed by atoms with E-state index in [1.54, 1.807) is 6.20 Å². The number of carbonyl (C=O) groups excluding carboxylic acids is 2. The molecule has 1 atom stereocenters. The molecular weight excluding hydrogens is 318 g/mol. The molecular formula is C19H23N3O3. The van der Waals surface area contributed by atoms with Gasteiger partial charge in [-0.3, -0.25) is 9.78 Å². The molecule has 1 N–H and O–H groups in total. The van der Waals surface area contributed by atoms with E-state index < -0.39 is 12.0 Å². The van der Waals surface area contributed by atoms with E-state index in [4.69, 9.17) is 4.74 Å². The minimum atomic E-state index is -0.741. The Morgan fingerprint density at radius 2 is 1.92 bits per heavy atom. The van der Waals surface area contributed by atoms with Crippen LogP contribution in [-0.2, 0) is 20.7 Å². The summed E-state index contributed by atoms with van der Waals surface area (Å²) >= 11 is 0. The van der Waals surface area contributed by atoms with Crippen LogP contribution >= 0.6 is 0 Å². The van der Waals surface area contributed by atoms with E-state index in [9.17, 15) is 9.59 Å². The van der Waals surface area contributed by atoms with Gasteiger partial charge in [-0.1, -0.05) is 31.4 Å². The van der Waals surface area contributed by atoms with E-state index in [0.29, 0.717) is 5.69 Å². The van der Waals surface area contributed by atoms with Crippen LogP contribution < -0.4 is 5.32 Å². The van der Waals surface area contributed by atoms with Crippen molar-refractivity contribution in [3.05, 3.63) is 36.2 Å². The van der Waals surface area contributed by atoms with Crippen molar-refractivity contribution in [3.63, 3.8) is 0 Å². The fourth-order valence-electron chi connectivity index (χ4n) is 3.29. The standard InChI is InChI=1S/C19H23N3O3/c1-25-19(24)17(22-18(23)13-7-3-2-4-8-13)11-14-12-20-15-9-5-6-10-16(15)21-14/h5-6,9-10,12-13,17H,2-4,7-8,11H2,1H3,(H,22,23)/t17-/m0/s1. The van der Waals surface area contributed by atoms with Crippen molar-refractivity contribution in [1.29, 1.82) is 0 Å². The second-order valence-electron chi connectivity index (χ2n) is 6.47. The first-order valence-electron chi connectivity index (χ1n) is 8.76. The van der Waals surface area contributed by atoms with Crippen LogP contribution in [0.5, 0.6) is 0 Å². The average molecular weight is 341 g/mol. The Bertz CT molecular complexity index is 756. The first-order valence-corrected chi connectivity index (χ1v) is 8.76. The number of carbonyl (C=O) groups is 2. The first-order chi connectivity index (χ1) is 12.2. The van der Waals surface area contributed by atoms with E-state index in [1.165, 1.54) is 13.5 Å². The molecule has 2 aromatic rings. The minimum absolute atomic E-state index is 0.0106. The van der Waals surface area contributed by atoms with Crippen molar-refractivity contribution >= 4 is 22.9 Å². The zero-order valence-corrected chi connectivity index (χ0v) is 14.4. The van der Waals surface area contributed by atoms with Crippen molar-refractivity contribution in [2.45, 2.75) is 44.6 Å². The molecule has 0 saturated heterocycles. The fraction of sp³-hybridized carbons (Fsp3) is 0.474. The average Bonchev–Trinajstić information content (AvgIpc) is 2.67. The van der Waals surface area contributed by atoms with Gasteiger partial charge in [0.2, 0.25) is 5.91 Å². The molecule has 0 spiro atoms. The summed E-state index contributed by atoms with van der Waals surface area (Å²) in [6.45, 7) is 0. The highest BCUT2D eigenvalue weighted by molar-refractivity contribution is 5.86. The number of benzene rings is 1. The topological polar surface area (TPSA) is 81.2 Å². The van der Waals surface area contributed by atoms with Gasteiger partial charge in [0.15, 0.2) is 0 Å². The molecule has 1 heterocycles. The molecule has 1 amide bonds. The molecule has 1 aliphatic rings. The van der Waals surface area contributed by atoms with E-state index in [-0.39, 0.29) is 18.2 Å². The quantitative estimate of drug-likeness (QED) is 0.845. The van der Waals surface area contributed by atoms with Crippen molar-refractivity contribution in [2.24, 2.45) is 5.92 Å². The summed E-state index contributed by atoms with van der Waals surface area (Å²) in [6.07, 6.45) is 6.99. The van der Waals surface area contributed by atoms with Crippen LogP contribution in [0.4, 0.5) is 0 Å². The number of rotatable bonds is 5. The third-order valence-electron chi connectivity index (χ3n) is 4.69. The van der Waals surface area contributed by atoms with Gasteiger partial charge in [-0.2, -0.15) is 0 Å². The summed E-state index contributed by atoms with van der Waals surface area (Å²) in [7, 11) is 1.33. The summed E-state index contributed by atoms with van der Waals surface area (Å²) < 4.78 is 4.86. The predicted octanol–water partition coefficient (Wildman–Crippen LogP) is 2.41. The monoisotopic (exact) mass is 341 g/mol. The highest BCUT2D eigenvalue weighted by atomic mass is 16.5. The largest absolute Gasteiger partial charge is 0.467 e. The van der Waals surface area contributed by atoms with Gasteiger partial charge in [0.05, 0.1) is 23.8 Å². The molecule has 1 fully saturated rings. The maximum Gasteiger partial charge on any atom is 0.328 e. The molecule has 1 saturated carbocycles. The Morgan fingerprint density at radius 1 is 1.20 bits per heavy atom. The van der Waals surface area contributed by atoms with Crippen molar-refractivity contribution in [3.8, 4) is 0 Å². The molecule has 25 heavy (non-hydrogen) atoms. The zero-order valence-electron chi connectivity index (χ0n) is 14.4. The molecule has 3 rings (SSSR count). The molecule has 0 bridgehead atoms. The molecule has 132 valence electrons. The van der Waals surface area contributed by atoms with Crippen LogP contribution in [-0.4, -0.2) is 35.0 Å². The van der Waals surface area contributed by atoms with Gasteiger partial charge in [-0.15, -0.1) is 0 Å². The van der Waals surface area contributed by atoms with Crippen LogP contribution in [0, 0.1) is 5.92 Å². The van der Waals surface area contributed by atoms with Gasteiger partial charge in [0.25, 0.3) is 0 Å². The number of amides is 1. The van der Waals surface area contributed by atoms with E-state index in [0.717, 1.165) is 36.7 Å². The third kappa shape index (κ3) is 4.32. The number of hydrogen-bond acceptors (Lipinski definition) is 5. The molecule has 6 heteroatoms. The number of esters is 1. The lowest BCUT2D eigenvalue weighted by Crippen LogP contribution is -2.46. The maximum atomic E-state index is 12.5. The van der Waals surface area contributed by atoms with Gasteiger partial charge in [-0.05, 0) is 25.0 Å². The maximum absolute atomic E-state index is 12.5. The Morgan fingerprint density at radius 3 is 2.64 bits per heavy atom. The lowest BCUT2D eigenvalue weighted by atomic mass is 9.88. The Hall–Kier alpha value is -2.50. The van der Waals surface area contributed by atoms with E-state index in [2.05, 4.69) is 15.3 Å². The third-order valence-corrected chi connectivity index (χ3v) is 4.69. The Balaban J connectivity index is 1.73. The zero-order chi connectivity index (χ0) is 17.6. The van der Waals surface area contributed by atoms with Gasteiger partial charge in [0.1, 0.15) is 6.04 Å². The van der Waals surface area contributed by atoms with Crippen molar-refractivity contribution in [2.75, 3.05) is 7.11 Å². The number of nitrogens with zero attached hydrogens (tertiary/aromatic N) is 2. The molecule has 6 nitrogen and oxygen atoms in total. The van der Waals surface area contributed by atoms with Crippen LogP contribution in [0.3, 0.4) is 0 Å². The fourth-order valence-corrected chi connectivity index (χ4v) is 3.29. The molecule has 0 aliphatic heterocycles. The number of para-hydroxylation sites is 2. The smallest absolute Gasteiger partial charge is 0.328 e. The molecule has 1 aliphatic carbocycles. The molecule has 0 radical (unpaired) electrons. The normalized spacial score (nSPS) is 16.4. The van der Waals surface area contributed by atoms with Gasteiger partial charge in [-0.25, -0.2) is 9.78 Å². The number of nitrogens with one attached hydrogen (secondary N) is 1. The lowest BCUT2D eigenvalue weighted by molar-refractivity contribution is -0.145. The number of fused-ring (bicyclic) bond motifs is 1. The summed E-state index contributed by atoms with van der Waals surface area (Å²) in [5.74, 6) is -0.536. The number of methoxy groups -OCH3 is 1. The van der Waals surface area contributed by atoms with E-state index in [1.807, 2.05) is 24.3 Å². The number of ether oxygens (including phenoxy) is 1. The molecule has 0 unspecified atom stereocenters. The molecule has 1 aromatic carbocycles. The summed E-state index contributed by atoms with van der Waals surface area (Å²) in [4.78, 5) is 33.5. The summed E-state index contributed by atoms with van der Waals surface area (Å²) in [5, 5.41) is 2.85. The van der Waals surface area contributed by atoms with Gasteiger partial charge >= 0.3 is 5.97 Å². The summed E-state index contributed by atoms with van der Waals surface area (Å²) in [5.41, 5.74) is 2.22. The minimum Gasteiger partial charge on any atom is -0.467 e. The Kier molecular flexibility index (Phi) is 5.58. The number of aromatic nitrogens is 2. The molecule has 1 aromatic heterocycles.